The third kappa shape index (κ3) is 3.06. The van der Waals surface area contributed by atoms with Crippen LogP contribution in [-0.2, 0) is 0 Å². The molecular weight excluding hydrogens is 310 g/mol. The molecule has 0 aliphatic rings. The van der Waals surface area contributed by atoms with E-state index >= 15 is 0 Å². The number of methoxy groups -OCH3 is 1. The minimum absolute atomic E-state index is 0.366. The number of thiophene rings is 1. The highest BCUT2D eigenvalue weighted by atomic mass is 79.9. The molecule has 96 valence electrons. The molecule has 2 aromatic rings. The highest BCUT2D eigenvalue weighted by molar-refractivity contribution is 9.10. The number of benzene rings is 1. The van der Waals surface area contributed by atoms with Gasteiger partial charge < -0.3 is 10.1 Å². The van der Waals surface area contributed by atoms with Gasteiger partial charge in [0.25, 0.3) is 0 Å². The zero-order valence-corrected chi connectivity index (χ0v) is 12.8. The Labute approximate surface area is 120 Å². The molecule has 0 aliphatic carbocycles. The summed E-state index contributed by atoms with van der Waals surface area (Å²) in [5.74, 6) is 0.852. The average molecular weight is 326 g/mol. The summed E-state index contributed by atoms with van der Waals surface area (Å²) in [6, 6.07) is 10.7. The molecule has 2 nitrogen and oxygen atoms in total. The van der Waals surface area contributed by atoms with Crippen molar-refractivity contribution in [2.45, 2.75) is 19.4 Å². The van der Waals surface area contributed by atoms with E-state index in [1.807, 2.05) is 12.1 Å². The second kappa shape index (κ2) is 6.25. The first kappa shape index (κ1) is 13.4. The SMILES string of the molecule is CCC(Nc1ccc(OC)c(Br)c1)c1cccs1. The summed E-state index contributed by atoms with van der Waals surface area (Å²) >= 11 is 5.29. The predicted molar refractivity (Wildman–Crippen MR) is 81.7 cm³/mol. The lowest BCUT2D eigenvalue weighted by Crippen LogP contribution is -2.07. The van der Waals surface area contributed by atoms with Gasteiger partial charge in [-0.1, -0.05) is 13.0 Å². The maximum absolute atomic E-state index is 5.23. The first-order chi connectivity index (χ1) is 8.74. The van der Waals surface area contributed by atoms with E-state index in [1.54, 1.807) is 18.4 Å². The van der Waals surface area contributed by atoms with Crippen molar-refractivity contribution in [2.24, 2.45) is 0 Å². The van der Waals surface area contributed by atoms with E-state index in [4.69, 9.17) is 4.74 Å². The second-order valence-corrected chi connectivity index (χ2v) is 5.80. The van der Waals surface area contributed by atoms with Crippen LogP contribution in [0, 0.1) is 0 Å². The summed E-state index contributed by atoms with van der Waals surface area (Å²) in [4.78, 5) is 1.37. The van der Waals surface area contributed by atoms with Gasteiger partial charge in [-0.15, -0.1) is 11.3 Å². The maximum atomic E-state index is 5.23. The van der Waals surface area contributed by atoms with Crippen LogP contribution < -0.4 is 10.1 Å². The molecule has 0 saturated carbocycles. The van der Waals surface area contributed by atoms with Crippen LogP contribution in [0.3, 0.4) is 0 Å². The number of nitrogens with one attached hydrogen (secondary N) is 1. The number of hydrogen-bond donors (Lipinski definition) is 1. The number of ether oxygens (including phenoxy) is 1. The van der Waals surface area contributed by atoms with Gasteiger partial charge in [-0.25, -0.2) is 0 Å². The van der Waals surface area contributed by atoms with Crippen LogP contribution in [0.25, 0.3) is 0 Å². The van der Waals surface area contributed by atoms with E-state index in [-0.39, 0.29) is 0 Å². The summed E-state index contributed by atoms with van der Waals surface area (Å²) in [6.07, 6.45) is 1.06. The average Bonchev–Trinajstić information content (AvgIpc) is 2.90. The molecule has 1 heterocycles. The summed E-state index contributed by atoms with van der Waals surface area (Å²) in [6.45, 7) is 2.19. The standard InChI is InChI=1S/C14H16BrNOS/c1-3-12(14-5-4-8-18-14)16-10-6-7-13(17-2)11(15)9-10/h4-9,12,16H,3H2,1-2H3. The predicted octanol–water partition coefficient (Wildman–Crippen LogP) is 5.08. The van der Waals surface area contributed by atoms with Gasteiger partial charge in [0.1, 0.15) is 5.75 Å². The Morgan fingerprint density at radius 1 is 1.39 bits per heavy atom. The lowest BCUT2D eigenvalue weighted by Gasteiger charge is -2.17. The van der Waals surface area contributed by atoms with Gasteiger partial charge in [0, 0.05) is 10.6 Å². The van der Waals surface area contributed by atoms with Crippen molar-refractivity contribution >= 4 is 33.0 Å². The number of halogens is 1. The largest absolute Gasteiger partial charge is 0.496 e. The molecule has 1 unspecified atom stereocenters. The fraction of sp³-hybridized carbons (Fsp3) is 0.286. The van der Waals surface area contributed by atoms with Crippen molar-refractivity contribution in [2.75, 3.05) is 12.4 Å². The summed E-state index contributed by atoms with van der Waals surface area (Å²) in [7, 11) is 1.67. The van der Waals surface area contributed by atoms with Gasteiger partial charge >= 0.3 is 0 Å². The normalized spacial score (nSPS) is 12.2. The smallest absolute Gasteiger partial charge is 0.133 e. The fourth-order valence-electron chi connectivity index (χ4n) is 1.82. The van der Waals surface area contributed by atoms with E-state index in [9.17, 15) is 0 Å². The third-order valence-corrected chi connectivity index (χ3v) is 4.39. The molecule has 0 amide bonds. The number of rotatable bonds is 5. The molecule has 1 N–H and O–H groups in total. The Morgan fingerprint density at radius 3 is 2.78 bits per heavy atom. The van der Waals surface area contributed by atoms with E-state index in [0.29, 0.717) is 6.04 Å². The molecule has 1 atom stereocenters. The molecule has 0 fully saturated rings. The molecule has 18 heavy (non-hydrogen) atoms. The van der Waals surface area contributed by atoms with Crippen LogP contribution in [-0.4, -0.2) is 7.11 Å². The summed E-state index contributed by atoms with van der Waals surface area (Å²) < 4.78 is 6.20. The molecular formula is C14H16BrNOS. The minimum atomic E-state index is 0.366. The molecule has 0 saturated heterocycles. The molecule has 0 radical (unpaired) electrons. The van der Waals surface area contributed by atoms with Crippen LogP contribution >= 0.6 is 27.3 Å². The van der Waals surface area contributed by atoms with Crippen LogP contribution in [0.15, 0.2) is 40.2 Å². The Balaban J connectivity index is 2.15. The Kier molecular flexibility index (Phi) is 4.66. The van der Waals surface area contributed by atoms with Crippen molar-refractivity contribution in [3.05, 3.63) is 45.1 Å². The molecule has 1 aromatic carbocycles. The highest BCUT2D eigenvalue weighted by Gasteiger charge is 2.10. The third-order valence-electron chi connectivity index (χ3n) is 2.79. The van der Waals surface area contributed by atoms with E-state index in [0.717, 1.165) is 22.3 Å². The second-order valence-electron chi connectivity index (χ2n) is 3.97. The van der Waals surface area contributed by atoms with Gasteiger partial charge in [0.05, 0.1) is 17.6 Å². The van der Waals surface area contributed by atoms with Gasteiger partial charge in [-0.05, 0) is 52.0 Å². The lowest BCUT2D eigenvalue weighted by molar-refractivity contribution is 0.412. The Bertz CT molecular complexity index is 499. The highest BCUT2D eigenvalue weighted by Crippen LogP contribution is 2.31. The minimum Gasteiger partial charge on any atom is -0.496 e. The van der Waals surface area contributed by atoms with E-state index in [2.05, 4.69) is 51.7 Å². The zero-order valence-electron chi connectivity index (χ0n) is 10.4. The van der Waals surface area contributed by atoms with Crippen molar-refractivity contribution in [1.29, 1.82) is 0 Å². The number of hydrogen-bond acceptors (Lipinski definition) is 3. The van der Waals surface area contributed by atoms with Crippen LogP contribution in [0.4, 0.5) is 5.69 Å². The van der Waals surface area contributed by atoms with Crippen LogP contribution in [0.2, 0.25) is 0 Å². The monoisotopic (exact) mass is 325 g/mol. The molecule has 4 heteroatoms. The molecule has 0 bridgehead atoms. The van der Waals surface area contributed by atoms with E-state index < -0.39 is 0 Å². The topological polar surface area (TPSA) is 21.3 Å². The first-order valence-corrected chi connectivity index (χ1v) is 7.55. The van der Waals surface area contributed by atoms with Gasteiger partial charge in [0.15, 0.2) is 0 Å². The van der Waals surface area contributed by atoms with Crippen LogP contribution in [0.1, 0.15) is 24.3 Å². The molecule has 0 aliphatic heterocycles. The van der Waals surface area contributed by atoms with Crippen molar-refractivity contribution in [3.8, 4) is 5.75 Å². The van der Waals surface area contributed by atoms with E-state index in [1.165, 1.54) is 4.88 Å². The molecule has 0 spiro atoms. The molecule has 1 aromatic heterocycles. The van der Waals surface area contributed by atoms with Gasteiger partial charge in [-0.2, -0.15) is 0 Å². The van der Waals surface area contributed by atoms with Gasteiger partial charge in [0.2, 0.25) is 0 Å². The lowest BCUT2D eigenvalue weighted by atomic mass is 10.1. The first-order valence-electron chi connectivity index (χ1n) is 5.88. The quantitative estimate of drug-likeness (QED) is 0.827. The molecule has 2 rings (SSSR count). The zero-order chi connectivity index (χ0) is 13.0. The maximum Gasteiger partial charge on any atom is 0.133 e. The summed E-state index contributed by atoms with van der Waals surface area (Å²) in [5, 5.41) is 5.66. The van der Waals surface area contributed by atoms with Crippen molar-refractivity contribution < 1.29 is 4.74 Å². The summed E-state index contributed by atoms with van der Waals surface area (Å²) in [5.41, 5.74) is 1.10. The van der Waals surface area contributed by atoms with Crippen molar-refractivity contribution in [1.82, 2.24) is 0 Å². The van der Waals surface area contributed by atoms with Crippen molar-refractivity contribution in [3.63, 3.8) is 0 Å². The Hall–Kier alpha value is -1.00. The fourth-order valence-corrected chi connectivity index (χ4v) is 3.22. The number of anilines is 1. The van der Waals surface area contributed by atoms with Crippen LogP contribution in [0.5, 0.6) is 5.75 Å². The van der Waals surface area contributed by atoms with Gasteiger partial charge in [-0.3, -0.25) is 0 Å². The Morgan fingerprint density at radius 2 is 2.22 bits per heavy atom.